The number of piperidine rings is 1. The van der Waals surface area contributed by atoms with E-state index in [0.29, 0.717) is 17.7 Å². The largest absolute Gasteiger partial charge is 0.341 e. The Kier molecular flexibility index (Phi) is 9.09. The summed E-state index contributed by atoms with van der Waals surface area (Å²) in [7, 11) is 0. The first kappa shape index (κ1) is 23.2. The molecule has 1 aliphatic rings. The minimum atomic E-state index is -0.723. The number of hydrogen-bond donors (Lipinski definition) is 5. The molecule has 1 saturated heterocycles. The fourth-order valence-corrected chi connectivity index (χ4v) is 3.22. The molecule has 1 atom stereocenters. The lowest BCUT2D eigenvalue weighted by Gasteiger charge is -2.23. The zero-order chi connectivity index (χ0) is 21.9. The van der Waals surface area contributed by atoms with Crippen LogP contribution in [0.1, 0.15) is 43.5 Å². The molecule has 1 aromatic carbocycles. The number of carbonyl (C=O) groups excluding carboxylic acids is 3. The summed E-state index contributed by atoms with van der Waals surface area (Å²) in [6.45, 7) is 5.57. The molecule has 0 aromatic heterocycles. The van der Waals surface area contributed by atoms with Crippen molar-refractivity contribution in [1.82, 2.24) is 21.3 Å². The molecule has 0 aliphatic carbocycles. The minimum Gasteiger partial charge on any atom is -0.341 e. The van der Waals surface area contributed by atoms with Crippen molar-refractivity contribution in [3.63, 3.8) is 0 Å². The van der Waals surface area contributed by atoms with Crippen molar-refractivity contribution in [2.24, 2.45) is 5.92 Å². The van der Waals surface area contributed by atoms with Gasteiger partial charge in [0.25, 0.3) is 5.91 Å². The molecule has 1 fully saturated rings. The molecule has 1 aliphatic heterocycles. The van der Waals surface area contributed by atoms with Crippen LogP contribution in [0.2, 0.25) is 0 Å². The predicted molar refractivity (Wildman–Crippen MR) is 114 cm³/mol. The van der Waals surface area contributed by atoms with Gasteiger partial charge >= 0.3 is 6.03 Å². The van der Waals surface area contributed by atoms with Crippen LogP contribution in [0.5, 0.6) is 0 Å². The summed E-state index contributed by atoms with van der Waals surface area (Å²) < 4.78 is 0. The molecule has 5 N–H and O–H groups in total. The molecular weight excluding hydrogens is 384 g/mol. The van der Waals surface area contributed by atoms with Crippen LogP contribution in [-0.4, -0.2) is 49.6 Å². The molecule has 1 heterocycles. The van der Waals surface area contributed by atoms with Gasteiger partial charge in [0.2, 0.25) is 5.91 Å². The van der Waals surface area contributed by atoms with Crippen LogP contribution in [0.25, 0.3) is 0 Å². The molecule has 1 aromatic rings. The Hall–Kier alpha value is -3.12. The molecular formula is C21H30N6O3. The summed E-state index contributed by atoms with van der Waals surface area (Å²) in [5.41, 5.74) is 0.949. The van der Waals surface area contributed by atoms with Crippen molar-refractivity contribution in [2.45, 2.75) is 45.2 Å². The van der Waals surface area contributed by atoms with E-state index in [1.807, 2.05) is 19.9 Å². The van der Waals surface area contributed by atoms with Crippen LogP contribution in [0.4, 0.5) is 10.5 Å². The predicted octanol–water partition coefficient (Wildman–Crippen LogP) is 1.34. The van der Waals surface area contributed by atoms with E-state index in [4.69, 9.17) is 5.26 Å². The van der Waals surface area contributed by atoms with Crippen molar-refractivity contribution in [3.8, 4) is 6.07 Å². The molecule has 0 saturated carbocycles. The molecule has 30 heavy (non-hydrogen) atoms. The van der Waals surface area contributed by atoms with E-state index in [2.05, 4.69) is 26.6 Å². The number of urea groups is 1. The summed E-state index contributed by atoms with van der Waals surface area (Å²) in [4.78, 5) is 36.9. The molecule has 162 valence electrons. The number of rotatable bonds is 8. The number of carbonyl (C=O) groups is 3. The average Bonchev–Trinajstić information content (AvgIpc) is 2.72. The normalized spacial score (nSPS) is 15.0. The van der Waals surface area contributed by atoms with Gasteiger partial charge in [-0.1, -0.05) is 13.8 Å². The van der Waals surface area contributed by atoms with E-state index < -0.39 is 11.9 Å². The Labute approximate surface area is 177 Å². The van der Waals surface area contributed by atoms with E-state index >= 15 is 0 Å². The summed E-state index contributed by atoms with van der Waals surface area (Å²) in [6, 6.07) is 7.48. The van der Waals surface area contributed by atoms with Crippen LogP contribution in [0, 0.1) is 17.2 Å². The summed E-state index contributed by atoms with van der Waals surface area (Å²) in [5, 5.41) is 22.8. The second-order valence-electron chi connectivity index (χ2n) is 7.73. The minimum absolute atomic E-state index is 0.108. The Morgan fingerprint density at radius 2 is 1.83 bits per heavy atom. The van der Waals surface area contributed by atoms with Crippen LogP contribution in [0.3, 0.4) is 0 Å². The maximum Gasteiger partial charge on any atom is 0.319 e. The van der Waals surface area contributed by atoms with Crippen LogP contribution in [-0.2, 0) is 4.79 Å². The van der Waals surface area contributed by atoms with Gasteiger partial charge in [0.05, 0.1) is 6.07 Å². The first-order valence-corrected chi connectivity index (χ1v) is 10.2. The van der Waals surface area contributed by atoms with Gasteiger partial charge in [-0.15, -0.1) is 0 Å². The molecule has 1 unspecified atom stereocenters. The number of anilines is 1. The summed E-state index contributed by atoms with van der Waals surface area (Å²) in [6.07, 6.45) is 2.25. The number of hydrogen-bond acceptors (Lipinski definition) is 5. The average molecular weight is 415 g/mol. The van der Waals surface area contributed by atoms with Crippen molar-refractivity contribution >= 4 is 23.5 Å². The first-order valence-electron chi connectivity index (χ1n) is 10.2. The third-order valence-electron chi connectivity index (χ3n) is 4.75. The van der Waals surface area contributed by atoms with Gasteiger partial charge in [0.15, 0.2) is 0 Å². The number of nitrogens with one attached hydrogen (secondary N) is 5. The standard InChI is InChI=1S/C21H30N6O3/c1-14(2)13-18(20(29)24-12-9-22)27-19(28)15-3-5-16(6-4-15)25-21(30)26-17-7-10-23-11-8-17/h3-6,14,17-18,23H,7-8,10-13H2,1-2H3,(H,24,29)(H,27,28)(H2,25,26,30). The number of amides is 4. The first-order chi connectivity index (χ1) is 14.4. The van der Waals surface area contributed by atoms with Gasteiger partial charge in [-0.05, 0) is 62.5 Å². The Balaban J connectivity index is 1.91. The highest BCUT2D eigenvalue weighted by Crippen LogP contribution is 2.12. The zero-order valence-electron chi connectivity index (χ0n) is 17.5. The lowest BCUT2D eigenvalue weighted by molar-refractivity contribution is -0.123. The third kappa shape index (κ3) is 7.72. The van der Waals surface area contributed by atoms with Crippen LogP contribution >= 0.6 is 0 Å². The zero-order valence-corrected chi connectivity index (χ0v) is 17.5. The van der Waals surface area contributed by atoms with Gasteiger partial charge in [0, 0.05) is 17.3 Å². The molecule has 9 heteroatoms. The summed E-state index contributed by atoms with van der Waals surface area (Å²) >= 11 is 0. The topological polar surface area (TPSA) is 135 Å². The number of benzene rings is 1. The molecule has 4 amide bonds. The van der Waals surface area contributed by atoms with E-state index in [9.17, 15) is 14.4 Å². The van der Waals surface area contributed by atoms with Crippen LogP contribution in [0.15, 0.2) is 24.3 Å². The van der Waals surface area contributed by atoms with Crippen molar-refractivity contribution in [2.75, 3.05) is 25.0 Å². The van der Waals surface area contributed by atoms with E-state index in [-0.39, 0.29) is 30.4 Å². The van der Waals surface area contributed by atoms with E-state index in [1.165, 1.54) is 0 Å². The Morgan fingerprint density at radius 3 is 2.43 bits per heavy atom. The quantitative estimate of drug-likeness (QED) is 0.409. The number of nitriles is 1. The molecule has 0 bridgehead atoms. The SMILES string of the molecule is CC(C)CC(NC(=O)c1ccc(NC(=O)NC2CCNCC2)cc1)C(=O)NCC#N. The van der Waals surface area contributed by atoms with Crippen molar-refractivity contribution in [3.05, 3.63) is 29.8 Å². The second kappa shape index (κ2) is 11.8. The maximum absolute atomic E-state index is 12.5. The van der Waals surface area contributed by atoms with Gasteiger partial charge < -0.3 is 26.6 Å². The van der Waals surface area contributed by atoms with Gasteiger partial charge in [-0.2, -0.15) is 5.26 Å². The number of nitrogens with zero attached hydrogens (tertiary/aromatic N) is 1. The van der Waals surface area contributed by atoms with Gasteiger partial charge in [0.1, 0.15) is 12.6 Å². The fourth-order valence-electron chi connectivity index (χ4n) is 3.22. The monoisotopic (exact) mass is 414 g/mol. The van der Waals surface area contributed by atoms with Gasteiger partial charge in [-0.25, -0.2) is 4.79 Å². The molecule has 9 nitrogen and oxygen atoms in total. The smallest absolute Gasteiger partial charge is 0.319 e. The highest BCUT2D eigenvalue weighted by Gasteiger charge is 2.22. The Morgan fingerprint density at radius 1 is 1.17 bits per heavy atom. The Bertz CT molecular complexity index is 766. The van der Waals surface area contributed by atoms with Crippen LogP contribution < -0.4 is 26.6 Å². The lowest BCUT2D eigenvalue weighted by Crippen LogP contribution is -2.47. The third-order valence-corrected chi connectivity index (χ3v) is 4.75. The van der Waals surface area contributed by atoms with Crippen molar-refractivity contribution in [1.29, 1.82) is 5.26 Å². The van der Waals surface area contributed by atoms with E-state index in [0.717, 1.165) is 25.9 Å². The second-order valence-corrected chi connectivity index (χ2v) is 7.73. The fraction of sp³-hybridized carbons (Fsp3) is 0.524. The van der Waals surface area contributed by atoms with Crippen molar-refractivity contribution < 1.29 is 14.4 Å². The molecule has 2 rings (SSSR count). The molecule has 0 radical (unpaired) electrons. The highest BCUT2D eigenvalue weighted by molar-refractivity contribution is 5.98. The summed E-state index contributed by atoms with van der Waals surface area (Å²) in [5.74, 6) is -0.585. The van der Waals surface area contributed by atoms with Gasteiger partial charge in [-0.3, -0.25) is 9.59 Å². The highest BCUT2D eigenvalue weighted by atomic mass is 16.2. The molecule has 0 spiro atoms. The van der Waals surface area contributed by atoms with E-state index in [1.54, 1.807) is 24.3 Å². The maximum atomic E-state index is 12.5. The lowest BCUT2D eigenvalue weighted by atomic mass is 10.0.